The number of aliphatic carboxylic acids is 2. The molecule has 10 heteroatoms. The second-order valence-electron chi connectivity index (χ2n) is 5.18. The molecule has 0 amide bonds. The van der Waals surface area contributed by atoms with Crippen molar-refractivity contribution in [2.45, 2.75) is 25.3 Å². The minimum Gasteiger partial charge on any atom is -0.480 e. The van der Waals surface area contributed by atoms with E-state index in [1.165, 1.54) is 12.1 Å². The van der Waals surface area contributed by atoms with Crippen LogP contribution in [0.4, 0.5) is 0 Å². The number of rotatable bonds is 8. The fraction of sp³-hybridized carbons (Fsp3) is 0.357. The highest BCUT2D eigenvalue weighted by Crippen LogP contribution is 2.29. The topological polar surface area (TPSA) is 162 Å². The van der Waals surface area contributed by atoms with E-state index in [-0.39, 0.29) is 22.4 Å². The van der Waals surface area contributed by atoms with Crippen molar-refractivity contribution in [3.63, 3.8) is 0 Å². The van der Waals surface area contributed by atoms with Crippen LogP contribution < -0.4 is 0 Å². The first-order chi connectivity index (χ1) is 11.3. The lowest BCUT2D eigenvalue weighted by Crippen LogP contribution is -2.25. The van der Waals surface area contributed by atoms with Gasteiger partial charge in [-0.25, -0.2) is 0 Å². The molecule has 0 aliphatic carbocycles. The highest BCUT2D eigenvalue weighted by atomic mass is 16.4. The number of nitrogens with zero attached hydrogens (tertiary/aromatic N) is 2. The van der Waals surface area contributed by atoms with Gasteiger partial charge in [0.25, 0.3) is 0 Å². The number of aliphatic hydroxyl groups excluding tert-OH is 3. The van der Waals surface area contributed by atoms with E-state index in [0.717, 1.165) is 9.13 Å². The third-order valence-electron chi connectivity index (χ3n) is 3.60. The molecule has 2 heterocycles. The summed E-state index contributed by atoms with van der Waals surface area (Å²) >= 11 is 0. The van der Waals surface area contributed by atoms with Gasteiger partial charge in [0.2, 0.25) is 0 Å². The van der Waals surface area contributed by atoms with Crippen LogP contribution in [0.2, 0.25) is 0 Å². The molecule has 0 aliphatic heterocycles. The van der Waals surface area contributed by atoms with E-state index in [1.807, 2.05) is 0 Å². The Hall–Kier alpha value is -2.69. The van der Waals surface area contributed by atoms with Crippen molar-refractivity contribution in [2.24, 2.45) is 0 Å². The molecule has 0 spiro atoms. The highest BCUT2D eigenvalue weighted by Gasteiger charge is 2.26. The van der Waals surface area contributed by atoms with Crippen molar-refractivity contribution >= 4 is 29.3 Å². The van der Waals surface area contributed by atoms with Crippen molar-refractivity contribution in [3.8, 4) is 0 Å². The predicted molar refractivity (Wildman–Crippen MR) is 78.6 cm³/mol. The number of hydrogen-bond acceptors (Lipinski definition) is 6. The lowest BCUT2D eigenvalue weighted by molar-refractivity contribution is -0.138. The van der Waals surface area contributed by atoms with Crippen molar-refractivity contribution in [3.05, 3.63) is 23.5 Å². The van der Waals surface area contributed by atoms with E-state index >= 15 is 0 Å². The third-order valence-corrected chi connectivity index (χ3v) is 3.60. The molecule has 2 unspecified atom stereocenters. The Bertz CT molecular complexity index is 790. The van der Waals surface area contributed by atoms with E-state index in [4.69, 9.17) is 15.3 Å². The molecular weight excluding hydrogens is 324 g/mol. The van der Waals surface area contributed by atoms with Crippen molar-refractivity contribution < 1.29 is 39.9 Å². The molecule has 130 valence electrons. The van der Waals surface area contributed by atoms with Crippen molar-refractivity contribution in [1.82, 2.24) is 9.13 Å². The molecule has 2 atom stereocenters. The number of aromatic nitrogens is 2. The first-order valence-corrected chi connectivity index (χ1v) is 6.88. The molecule has 0 saturated heterocycles. The maximum absolute atomic E-state index is 11.1. The molecule has 2 rings (SSSR count). The summed E-state index contributed by atoms with van der Waals surface area (Å²) in [4.78, 5) is 33.2. The van der Waals surface area contributed by atoms with Crippen molar-refractivity contribution in [1.29, 1.82) is 0 Å². The van der Waals surface area contributed by atoms with E-state index in [1.54, 1.807) is 0 Å². The van der Waals surface area contributed by atoms with Crippen LogP contribution in [0.3, 0.4) is 0 Å². The SMILES string of the molecule is O=Cc1cc2c(cc(C(O)C(O)CO)n2CC(=O)O)n1CC(=O)O. The predicted octanol–water partition coefficient (Wildman–Crippen LogP) is -1.19. The maximum Gasteiger partial charge on any atom is 0.323 e. The molecule has 0 aromatic carbocycles. The maximum atomic E-state index is 11.1. The number of carboxylic acids is 2. The Morgan fingerprint density at radius 2 is 1.58 bits per heavy atom. The standard InChI is InChI=1S/C14H16N2O8/c17-5-7-1-8-9(15(7)3-12(20)21)2-10(14(24)11(19)6-18)16(8)4-13(22)23/h1-2,5,11,14,18-19,24H,3-4,6H2,(H,20,21)(H,22,23). The molecule has 0 saturated carbocycles. The van der Waals surface area contributed by atoms with Crippen LogP contribution in [0.25, 0.3) is 11.0 Å². The van der Waals surface area contributed by atoms with Gasteiger partial charge in [0.1, 0.15) is 25.3 Å². The van der Waals surface area contributed by atoms with Gasteiger partial charge in [0.15, 0.2) is 6.29 Å². The summed E-state index contributed by atoms with van der Waals surface area (Å²) in [5.41, 5.74) is 0.464. The van der Waals surface area contributed by atoms with E-state index in [2.05, 4.69) is 0 Å². The Balaban J connectivity index is 2.69. The summed E-state index contributed by atoms with van der Waals surface area (Å²) < 4.78 is 2.30. The van der Waals surface area contributed by atoms with Gasteiger partial charge < -0.3 is 34.7 Å². The molecule has 0 aliphatic rings. The summed E-state index contributed by atoms with van der Waals surface area (Å²) in [5, 5.41) is 46.6. The van der Waals surface area contributed by atoms with Crippen LogP contribution in [0, 0.1) is 0 Å². The Kier molecular flexibility index (Phi) is 5.02. The number of aliphatic hydroxyl groups is 3. The minimum absolute atomic E-state index is 0.0134. The normalized spacial score (nSPS) is 13.8. The molecule has 24 heavy (non-hydrogen) atoms. The quantitative estimate of drug-likeness (QED) is 0.375. The Morgan fingerprint density at radius 3 is 2.08 bits per heavy atom. The van der Waals surface area contributed by atoms with Gasteiger partial charge in [-0.3, -0.25) is 14.4 Å². The van der Waals surface area contributed by atoms with Crippen LogP contribution in [0.5, 0.6) is 0 Å². The zero-order valence-electron chi connectivity index (χ0n) is 12.4. The summed E-state index contributed by atoms with van der Waals surface area (Å²) in [6.45, 7) is -1.87. The van der Waals surface area contributed by atoms with Gasteiger partial charge in [-0.2, -0.15) is 0 Å². The fourth-order valence-corrected chi connectivity index (χ4v) is 2.56. The summed E-state index contributed by atoms with van der Waals surface area (Å²) in [7, 11) is 0. The van der Waals surface area contributed by atoms with E-state index in [9.17, 15) is 24.6 Å². The molecular formula is C14H16N2O8. The van der Waals surface area contributed by atoms with Gasteiger partial charge in [0.05, 0.1) is 29.0 Å². The monoisotopic (exact) mass is 340 g/mol. The average molecular weight is 340 g/mol. The van der Waals surface area contributed by atoms with Crippen LogP contribution in [-0.2, 0) is 22.7 Å². The summed E-state index contributed by atoms with van der Waals surface area (Å²) in [6.07, 6.45) is -2.69. The van der Waals surface area contributed by atoms with Crippen LogP contribution in [0.1, 0.15) is 22.3 Å². The fourth-order valence-electron chi connectivity index (χ4n) is 2.56. The number of carboxylic acid groups (broad SMARTS) is 2. The molecule has 2 aromatic rings. The molecule has 10 nitrogen and oxygen atoms in total. The number of fused-ring (bicyclic) bond motifs is 1. The molecule has 2 aromatic heterocycles. The Morgan fingerprint density at radius 1 is 1.04 bits per heavy atom. The number of hydrogen-bond donors (Lipinski definition) is 5. The molecule has 0 bridgehead atoms. The summed E-state index contributed by atoms with van der Waals surface area (Å²) in [6, 6.07) is 2.59. The average Bonchev–Trinajstić information content (AvgIpc) is 3.02. The number of carbonyl (C=O) groups is 3. The first-order valence-electron chi connectivity index (χ1n) is 6.88. The van der Waals surface area contributed by atoms with Crippen LogP contribution in [0.15, 0.2) is 12.1 Å². The molecule has 5 N–H and O–H groups in total. The number of carbonyl (C=O) groups excluding carboxylic acids is 1. The van der Waals surface area contributed by atoms with Crippen LogP contribution in [-0.4, -0.2) is 65.6 Å². The number of aldehydes is 1. The second kappa shape index (κ2) is 6.83. The van der Waals surface area contributed by atoms with Gasteiger partial charge in [-0.05, 0) is 12.1 Å². The highest BCUT2D eigenvalue weighted by molar-refractivity contribution is 5.90. The minimum atomic E-state index is -1.58. The van der Waals surface area contributed by atoms with Crippen molar-refractivity contribution in [2.75, 3.05) is 6.61 Å². The van der Waals surface area contributed by atoms with Gasteiger partial charge in [0, 0.05) is 0 Å². The zero-order valence-corrected chi connectivity index (χ0v) is 12.4. The van der Waals surface area contributed by atoms with Crippen LogP contribution >= 0.6 is 0 Å². The second-order valence-corrected chi connectivity index (χ2v) is 5.18. The van der Waals surface area contributed by atoms with Gasteiger partial charge in [-0.15, -0.1) is 0 Å². The molecule has 0 fully saturated rings. The largest absolute Gasteiger partial charge is 0.480 e. The summed E-state index contributed by atoms with van der Waals surface area (Å²) in [5.74, 6) is -2.45. The first kappa shape index (κ1) is 17.7. The lowest BCUT2D eigenvalue weighted by atomic mass is 10.1. The lowest BCUT2D eigenvalue weighted by Gasteiger charge is -2.17. The molecule has 0 radical (unpaired) electrons. The van der Waals surface area contributed by atoms with E-state index in [0.29, 0.717) is 6.29 Å². The smallest absolute Gasteiger partial charge is 0.323 e. The zero-order chi connectivity index (χ0) is 18.0. The third kappa shape index (κ3) is 3.15. The van der Waals surface area contributed by atoms with E-state index < -0.39 is 43.8 Å². The van der Waals surface area contributed by atoms with Gasteiger partial charge in [-0.1, -0.05) is 0 Å². The Labute approximate surface area is 134 Å². The van der Waals surface area contributed by atoms with Gasteiger partial charge >= 0.3 is 11.9 Å².